The lowest BCUT2D eigenvalue weighted by Gasteiger charge is -2.06. The van der Waals surface area contributed by atoms with Crippen LogP contribution in [0.2, 0.25) is 0 Å². The van der Waals surface area contributed by atoms with Gasteiger partial charge in [-0.15, -0.1) is 0 Å². The minimum atomic E-state index is -3.10. The van der Waals surface area contributed by atoms with Crippen LogP contribution in [0.1, 0.15) is 13.8 Å². The second-order valence-electron chi connectivity index (χ2n) is 3.63. The average Bonchev–Trinajstić information content (AvgIpc) is 2.02. The Bertz CT molecular complexity index is 393. The predicted molar refractivity (Wildman–Crippen MR) is 61.0 cm³/mol. The van der Waals surface area contributed by atoms with Crippen molar-refractivity contribution in [1.29, 1.82) is 0 Å². The molecule has 0 aromatic heterocycles. The maximum absolute atomic E-state index is 11.7. The highest BCUT2D eigenvalue weighted by Crippen LogP contribution is 2.17. The fourth-order valence-corrected chi connectivity index (χ4v) is 3.06. The molecule has 0 aliphatic rings. The fourth-order valence-electron chi connectivity index (χ4n) is 1.18. The molecule has 14 heavy (non-hydrogen) atoms. The molecule has 0 aliphatic carbocycles. The first-order chi connectivity index (χ1) is 6.42. The van der Waals surface area contributed by atoms with Crippen LogP contribution in [0.3, 0.4) is 0 Å². The number of halogens is 1. The van der Waals surface area contributed by atoms with Gasteiger partial charge in [-0.05, 0) is 30.2 Å². The first kappa shape index (κ1) is 11.7. The van der Waals surface area contributed by atoms with Gasteiger partial charge in [-0.2, -0.15) is 0 Å². The Morgan fingerprint density at radius 2 is 1.71 bits per heavy atom. The normalized spacial score (nSPS) is 12.0. The summed E-state index contributed by atoms with van der Waals surface area (Å²) >= 11 is 3.27. The smallest absolute Gasteiger partial charge is 0.178 e. The van der Waals surface area contributed by atoms with E-state index in [1.165, 1.54) is 0 Å². The van der Waals surface area contributed by atoms with E-state index in [4.69, 9.17) is 0 Å². The zero-order valence-corrected chi connectivity index (χ0v) is 10.6. The van der Waals surface area contributed by atoms with E-state index in [2.05, 4.69) is 15.9 Å². The number of hydrogen-bond donors (Lipinski definition) is 0. The van der Waals surface area contributed by atoms with Crippen LogP contribution < -0.4 is 0 Å². The van der Waals surface area contributed by atoms with Gasteiger partial charge >= 0.3 is 0 Å². The molecular formula is C10H13BrO2S. The Morgan fingerprint density at radius 1 is 1.21 bits per heavy atom. The largest absolute Gasteiger partial charge is 0.224 e. The predicted octanol–water partition coefficient (Wildman–Crippen LogP) is 2.88. The maximum Gasteiger partial charge on any atom is 0.178 e. The van der Waals surface area contributed by atoms with Gasteiger partial charge in [-0.25, -0.2) is 8.42 Å². The van der Waals surface area contributed by atoms with Crippen molar-refractivity contribution >= 4 is 25.8 Å². The zero-order chi connectivity index (χ0) is 10.8. The maximum atomic E-state index is 11.7. The summed E-state index contributed by atoms with van der Waals surface area (Å²) in [6, 6.07) is 6.74. The number of sulfone groups is 1. The van der Waals surface area contributed by atoms with Gasteiger partial charge in [-0.1, -0.05) is 29.8 Å². The van der Waals surface area contributed by atoms with Crippen molar-refractivity contribution in [3.05, 3.63) is 28.7 Å². The summed E-state index contributed by atoms with van der Waals surface area (Å²) in [6.07, 6.45) is 0. The topological polar surface area (TPSA) is 34.1 Å². The third kappa shape index (κ3) is 3.10. The van der Waals surface area contributed by atoms with Crippen LogP contribution in [0.25, 0.3) is 0 Å². The second kappa shape index (κ2) is 4.45. The van der Waals surface area contributed by atoms with E-state index in [1.54, 1.807) is 24.3 Å². The summed E-state index contributed by atoms with van der Waals surface area (Å²) in [6.45, 7) is 3.80. The summed E-state index contributed by atoms with van der Waals surface area (Å²) in [5, 5.41) is 0. The molecule has 0 heterocycles. The first-order valence-electron chi connectivity index (χ1n) is 4.40. The minimum Gasteiger partial charge on any atom is -0.224 e. The molecule has 0 bridgehead atoms. The third-order valence-corrected chi connectivity index (χ3v) is 4.35. The summed E-state index contributed by atoms with van der Waals surface area (Å²) in [5.41, 5.74) is 0. The molecule has 0 N–H and O–H groups in total. The van der Waals surface area contributed by atoms with Gasteiger partial charge in [0.15, 0.2) is 9.84 Å². The second-order valence-corrected chi connectivity index (χ2v) is 6.58. The Kier molecular flexibility index (Phi) is 3.72. The van der Waals surface area contributed by atoms with E-state index in [9.17, 15) is 8.42 Å². The van der Waals surface area contributed by atoms with Gasteiger partial charge < -0.3 is 0 Å². The molecule has 0 saturated heterocycles. The van der Waals surface area contributed by atoms with Gasteiger partial charge in [0.05, 0.1) is 10.6 Å². The lowest BCUT2D eigenvalue weighted by molar-refractivity contribution is 0.582. The van der Waals surface area contributed by atoms with Crippen LogP contribution in [0.4, 0.5) is 0 Å². The van der Waals surface area contributed by atoms with Gasteiger partial charge in [0.25, 0.3) is 0 Å². The average molecular weight is 277 g/mol. The van der Waals surface area contributed by atoms with E-state index in [1.807, 2.05) is 13.8 Å². The molecule has 0 radical (unpaired) electrons. The Balaban J connectivity index is 2.99. The van der Waals surface area contributed by atoms with E-state index < -0.39 is 9.84 Å². The molecule has 1 aromatic rings. The van der Waals surface area contributed by atoms with Crippen LogP contribution in [-0.4, -0.2) is 14.2 Å². The molecule has 1 aromatic carbocycles. The monoisotopic (exact) mass is 276 g/mol. The van der Waals surface area contributed by atoms with Gasteiger partial charge in [0, 0.05) is 4.47 Å². The fraction of sp³-hybridized carbons (Fsp3) is 0.400. The SMILES string of the molecule is CC(C)CS(=O)(=O)c1ccc(Br)cc1. The van der Waals surface area contributed by atoms with Crippen molar-refractivity contribution in [3.63, 3.8) is 0 Å². The molecule has 0 amide bonds. The summed E-state index contributed by atoms with van der Waals surface area (Å²) in [5.74, 6) is 0.359. The molecule has 2 nitrogen and oxygen atoms in total. The number of hydrogen-bond acceptors (Lipinski definition) is 2. The molecule has 0 unspecified atom stereocenters. The number of benzene rings is 1. The van der Waals surface area contributed by atoms with Crippen LogP contribution in [0, 0.1) is 5.92 Å². The lowest BCUT2D eigenvalue weighted by atomic mass is 10.3. The molecule has 1 rings (SSSR count). The van der Waals surface area contributed by atoms with Crippen molar-refractivity contribution in [2.45, 2.75) is 18.7 Å². The van der Waals surface area contributed by atoms with Crippen LogP contribution in [-0.2, 0) is 9.84 Å². The van der Waals surface area contributed by atoms with Crippen LogP contribution in [0.5, 0.6) is 0 Å². The Morgan fingerprint density at radius 3 is 2.14 bits per heavy atom. The quantitative estimate of drug-likeness (QED) is 0.851. The lowest BCUT2D eigenvalue weighted by Crippen LogP contribution is -2.11. The van der Waals surface area contributed by atoms with Crippen molar-refractivity contribution in [2.24, 2.45) is 5.92 Å². The van der Waals surface area contributed by atoms with E-state index >= 15 is 0 Å². The van der Waals surface area contributed by atoms with Gasteiger partial charge in [-0.3, -0.25) is 0 Å². The van der Waals surface area contributed by atoms with E-state index in [-0.39, 0.29) is 11.7 Å². The minimum absolute atomic E-state index is 0.156. The summed E-state index contributed by atoms with van der Waals surface area (Å²) in [7, 11) is -3.10. The van der Waals surface area contributed by atoms with E-state index in [0.717, 1.165) is 4.47 Å². The highest BCUT2D eigenvalue weighted by atomic mass is 79.9. The van der Waals surface area contributed by atoms with Crippen molar-refractivity contribution in [3.8, 4) is 0 Å². The molecule has 0 aliphatic heterocycles. The molecule has 4 heteroatoms. The van der Waals surface area contributed by atoms with Crippen molar-refractivity contribution in [1.82, 2.24) is 0 Å². The van der Waals surface area contributed by atoms with Gasteiger partial charge in [0.1, 0.15) is 0 Å². The molecule has 0 fully saturated rings. The molecular weight excluding hydrogens is 264 g/mol. The highest BCUT2D eigenvalue weighted by Gasteiger charge is 2.15. The van der Waals surface area contributed by atoms with Crippen LogP contribution in [0.15, 0.2) is 33.6 Å². The van der Waals surface area contributed by atoms with Crippen molar-refractivity contribution in [2.75, 3.05) is 5.75 Å². The zero-order valence-electron chi connectivity index (χ0n) is 8.20. The molecule has 0 atom stereocenters. The molecule has 0 saturated carbocycles. The summed E-state index contributed by atoms with van der Waals surface area (Å²) in [4.78, 5) is 0.398. The summed E-state index contributed by atoms with van der Waals surface area (Å²) < 4.78 is 24.4. The standard InChI is InChI=1S/C10H13BrO2S/c1-8(2)7-14(12,13)10-5-3-9(11)4-6-10/h3-6,8H,7H2,1-2H3. The number of rotatable bonds is 3. The Hall–Kier alpha value is -0.350. The van der Waals surface area contributed by atoms with E-state index in [0.29, 0.717) is 4.90 Å². The molecule has 78 valence electrons. The Labute approximate surface area is 93.4 Å². The van der Waals surface area contributed by atoms with Gasteiger partial charge in [0.2, 0.25) is 0 Å². The van der Waals surface area contributed by atoms with Crippen LogP contribution >= 0.6 is 15.9 Å². The van der Waals surface area contributed by atoms with Crippen molar-refractivity contribution < 1.29 is 8.42 Å². The first-order valence-corrected chi connectivity index (χ1v) is 6.84. The third-order valence-electron chi connectivity index (χ3n) is 1.73. The molecule has 0 spiro atoms. The highest BCUT2D eigenvalue weighted by molar-refractivity contribution is 9.10.